The zero-order valence-electron chi connectivity index (χ0n) is 15.9. The number of hydrogen-bond acceptors (Lipinski definition) is 6. The third kappa shape index (κ3) is 3.46. The predicted octanol–water partition coefficient (Wildman–Crippen LogP) is 2.83. The van der Waals surface area contributed by atoms with Gasteiger partial charge in [0.1, 0.15) is 5.76 Å². The van der Waals surface area contributed by atoms with E-state index in [1.165, 1.54) is 12.8 Å². The highest BCUT2D eigenvalue weighted by Gasteiger charge is 2.27. The topological polar surface area (TPSA) is 85.8 Å². The second-order valence-electron chi connectivity index (χ2n) is 7.78. The Balaban J connectivity index is 1.15. The number of aromatic nitrogens is 4. The summed E-state index contributed by atoms with van der Waals surface area (Å²) in [4.78, 5) is 18.9. The Bertz CT molecular complexity index is 998. The van der Waals surface area contributed by atoms with Crippen LogP contribution in [0.4, 0.5) is 0 Å². The van der Waals surface area contributed by atoms with Crippen LogP contribution in [0.3, 0.4) is 0 Å². The first-order valence-electron chi connectivity index (χ1n) is 9.87. The van der Waals surface area contributed by atoms with Gasteiger partial charge in [0.25, 0.3) is 5.91 Å². The number of carbonyl (C=O) groups is 1. The number of likely N-dealkylation sites (tertiary alicyclic amines) is 1. The Morgan fingerprint density at radius 2 is 2.07 bits per heavy atom. The molecule has 146 valence electrons. The molecule has 4 heterocycles. The van der Waals surface area contributed by atoms with Crippen molar-refractivity contribution in [3.8, 4) is 5.88 Å². The Morgan fingerprint density at radius 3 is 2.79 bits per heavy atom. The molecule has 1 saturated heterocycles. The third-order valence-corrected chi connectivity index (χ3v) is 5.53. The van der Waals surface area contributed by atoms with Crippen LogP contribution in [-0.2, 0) is 0 Å². The molecular formula is C20H23N5O3. The summed E-state index contributed by atoms with van der Waals surface area (Å²) < 4.78 is 12.7. The van der Waals surface area contributed by atoms with Crippen molar-refractivity contribution in [1.29, 1.82) is 0 Å². The summed E-state index contributed by atoms with van der Waals surface area (Å²) in [5.74, 6) is 2.22. The van der Waals surface area contributed by atoms with Crippen molar-refractivity contribution in [2.75, 3.05) is 19.7 Å². The van der Waals surface area contributed by atoms with Gasteiger partial charge in [-0.3, -0.25) is 4.79 Å². The average Bonchev–Trinajstić information content (AvgIpc) is 3.34. The van der Waals surface area contributed by atoms with Gasteiger partial charge in [0.05, 0.1) is 18.5 Å². The molecule has 0 spiro atoms. The SMILES string of the molecule is Cc1cc(C(=O)N2CCC(COc3ccc4nc(C5CC5)cn4n3)CC2)no1. The number of rotatable bonds is 5. The second-order valence-corrected chi connectivity index (χ2v) is 7.78. The van der Waals surface area contributed by atoms with Crippen LogP contribution in [-0.4, -0.2) is 50.3 Å². The van der Waals surface area contributed by atoms with E-state index < -0.39 is 0 Å². The number of ether oxygens (including phenoxy) is 1. The molecule has 8 heteroatoms. The number of carbonyl (C=O) groups excluding carboxylic acids is 1. The van der Waals surface area contributed by atoms with E-state index in [0.29, 0.717) is 48.9 Å². The van der Waals surface area contributed by atoms with Crippen LogP contribution in [0.25, 0.3) is 5.65 Å². The first kappa shape index (κ1) is 17.2. The molecule has 0 unspecified atom stereocenters. The van der Waals surface area contributed by atoms with Crippen molar-refractivity contribution < 1.29 is 14.1 Å². The van der Waals surface area contributed by atoms with Crippen LogP contribution in [0.15, 0.2) is 28.9 Å². The lowest BCUT2D eigenvalue weighted by molar-refractivity contribution is 0.0648. The van der Waals surface area contributed by atoms with E-state index in [1.54, 1.807) is 13.0 Å². The smallest absolute Gasteiger partial charge is 0.276 e. The predicted molar refractivity (Wildman–Crippen MR) is 100 cm³/mol. The summed E-state index contributed by atoms with van der Waals surface area (Å²) >= 11 is 0. The Morgan fingerprint density at radius 1 is 1.25 bits per heavy atom. The largest absolute Gasteiger partial charge is 0.476 e. The fraction of sp³-hybridized carbons (Fsp3) is 0.500. The van der Waals surface area contributed by atoms with Crippen molar-refractivity contribution in [3.63, 3.8) is 0 Å². The van der Waals surface area contributed by atoms with Crippen molar-refractivity contribution in [3.05, 3.63) is 41.5 Å². The minimum atomic E-state index is -0.0603. The van der Waals surface area contributed by atoms with E-state index in [1.807, 2.05) is 27.7 Å². The van der Waals surface area contributed by atoms with Gasteiger partial charge in [-0.05, 0) is 44.6 Å². The highest BCUT2D eigenvalue weighted by Crippen LogP contribution is 2.39. The maximum absolute atomic E-state index is 12.4. The number of imidazole rings is 1. The number of hydrogen-bond donors (Lipinski definition) is 0. The quantitative estimate of drug-likeness (QED) is 0.676. The van der Waals surface area contributed by atoms with E-state index in [0.717, 1.165) is 24.2 Å². The molecule has 0 atom stereocenters. The molecule has 8 nitrogen and oxygen atoms in total. The highest BCUT2D eigenvalue weighted by molar-refractivity contribution is 5.92. The lowest BCUT2D eigenvalue weighted by Crippen LogP contribution is -2.39. The van der Waals surface area contributed by atoms with Gasteiger partial charge in [0.2, 0.25) is 5.88 Å². The average molecular weight is 381 g/mol. The van der Waals surface area contributed by atoms with Crippen LogP contribution in [0.2, 0.25) is 0 Å². The Hall–Kier alpha value is -2.90. The van der Waals surface area contributed by atoms with Crippen LogP contribution in [0, 0.1) is 12.8 Å². The summed E-state index contributed by atoms with van der Waals surface area (Å²) in [6, 6.07) is 5.52. The minimum absolute atomic E-state index is 0.0603. The van der Waals surface area contributed by atoms with Crippen LogP contribution in [0.5, 0.6) is 5.88 Å². The maximum atomic E-state index is 12.4. The Labute approximate surface area is 162 Å². The van der Waals surface area contributed by atoms with Gasteiger partial charge in [0, 0.05) is 31.1 Å². The molecule has 0 bridgehead atoms. The number of piperidine rings is 1. The molecule has 3 aromatic rings. The van der Waals surface area contributed by atoms with E-state index >= 15 is 0 Å². The zero-order chi connectivity index (χ0) is 19.1. The zero-order valence-corrected chi connectivity index (χ0v) is 15.9. The molecule has 3 aromatic heterocycles. The van der Waals surface area contributed by atoms with Crippen molar-refractivity contribution in [2.24, 2.45) is 5.92 Å². The van der Waals surface area contributed by atoms with Gasteiger partial charge >= 0.3 is 0 Å². The lowest BCUT2D eigenvalue weighted by Gasteiger charge is -2.31. The van der Waals surface area contributed by atoms with Crippen LogP contribution in [0.1, 0.15) is 53.5 Å². The first-order chi connectivity index (χ1) is 13.7. The molecule has 1 aliphatic heterocycles. The lowest BCUT2D eigenvalue weighted by atomic mass is 9.97. The van der Waals surface area contributed by atoms with E-state index in [9.17, 15) is 4.79 Å². The second kappa shape index (κ2) is 6.92. The first-order valence-corrected chi connectivity index (χ1v) is 9.87. The third-order valence-electron chi connectivity index (χ3n) is 5.53. The summed E-state index contributed by atoms with van der Waals surface area (Å²) in [6.45, 7) is 3.80. The van der Waals surface area contributed by atoms with Crippen molar-refractivity contribution in [1.82, 2.24) is 24.7 Å². The van der Waals surface area contributed by atoms with Crippen molar-refractivity contribution in [2.45, 2.75) is 38.5 Å². The highest BCUT2D eigenvalue weighted by atomic mass is 16.5. The van der Waals surface area contributed by atoms with Gasteiger partial charge in [-0.2, -0.15) is 0 Å². The number of amides is 1. The molecule has 0 aromatic carbocycles. The number of fused-ring (bicyclic) bond motifs is 1. The maximum Gasteiger partial charge on any atom is 0.276 e. The minimum Gasteiger partial charge on any atom is -0.476 e. The van der Waals surface area contributed by atoms with Gasteiger partial charge in [-0.1, -0.05) is 5.16 Å². The molecule has 1 amide bonds. The molecule has 1 saturated carbocycles. The van der Waals surface area contributed by atoms with Crippen LogP contribution < -0.4 is 4.74 Å². The summed E-state index contributed by atoms with van der Waals surface area (Å²) in [7, 11) is 0. The molecule has 28 heavy (non-hydrogen) atoms. The van der Waals surface area contributed by atoms with E-state index in [-0.39, 0.29) is 5.91 Å². The molecule has 2 aliphatic rings. The summed E-state index contributed by atoms with van der Waals surface area (Å²) in [6.07, 6.45) is 6.27. The van der Waals surface area contributed by atoms with E-state index in [4.69, 9.17) is 9.26 Å². The van der Waals surface area contributed by atoms with E-state index in [2.05, 4.69) is 15.2 Å². The van der Waals surface area contributed by atoms with Gasteiger partial charge < -0.3 is 14.2 Å². The normalized spacial score (nSPS) is 18.0. The molecule has 5 rings (SSSR count). The number of nitrogens with zero attached hydrogens (tertiary/aromatic N) is 5. The standard InChI is InChI=1S/C20H23N5O3/c1-13-10-16(23-28-13)20(26)24-8-6-14(7-9-24)12-27-19-5-4-18-21-17(15-2-3-15)11-25(18)22-19/h4-5,10-11,14-15H,2-3,6-9,12H2,1H3. The number of aryl methyl sites for hydroxylation is 1. The molecule has 1 aliphatic carbocycles. The molecule has 0 N–H and O–H groups in total. The summed E-state index contributed by atoms with van der Waals surface area (Å²) in [5.41, 5.74) is 2.38. The fourth-order valence-electron chi connectivity index (χ4n) is 3.67. The fourth-order valence-corrected chi connectivity index (χ4v) is 3.67. The molecular weight excluding hydrogens is 358 g/mol. The van der Waals surface area contributed by atoms with Gasteiger partial charge in [-0.25, -0.2) is 9.50 Å². The Kier molecular flexibility index (Phi) is 4.26. The van der Waals surface area contributed by atoms with Crippen molar-refractivity contribution >= 4 is 11.6 Å². The van der Waals surface area contributed by atoms with Crippen LogP contribution >= 0.6 is 0 Å². The van der Waals surface area contributed by atoms with Gasteiger partial charge in [0.15, 0.2) is 11.3 Å². The van der Waals surface area contributed by atoms with Gasteiger partial charge in [-0.15, -0.1) is 5.10 Å². The molecule has 0 radical (unpaired) electrons. The monoisotopic (exact) mass is 381 g/mol. The summed E-state index contributed by atoms with van der Waals surface area (Å²) in [5, 5.41) is 8.34. The molecule has 2 fully saturated rings.